The number of carbonyl (C=O) groups excluding carboxylic acids is 3. The third-order valence-corrected chi connectivity index (χ3v) is 4.75. The summed E-state index contributed by atoms with van der Waals surface area (Å²) in [6.07, 6.45) is 3.81. The van der Waals surface area contributed by atoms with Crippen molar-refractivity contribution in [3.05, 3.63) is 54.1 Å². The van der Waals surface area contributed by atoms with E-state index in [9.17, 15) is 14.4 Å². The Kier molecular flexibility index (Phi) is 6.13. The van der Waals surface area contributed by atoms with Crippen molar-refractivity contribution in [1.82, 2.24) is 0 Å². The van der Waals surface area contributed by atoms with Gasteiger partial charge < -0.3 is 15.4 Å². The van der Waals surface area contributed by atoms with Gasteiger partial charge in [-0.15, -0.1) is 11.8 Å². The van der Waals surface area contributed by atoms with Crippen molar-refractivity contribution in [3.8, 4) is 0 Å². The van der Waals surface area contributed by atoms with Crippen LogP contribution in [0.4, 0.5) is 11.4 Å². The summed E-state index contributed by atoms with van der Waals surface area (Å²) >= 11 is 1.57. The third-order valence-electron chi connectivity index (χ3n) is 4.02. The first-order valence-electron chi connectivity index (χ1n) is 8.57. The molecule has 0 aliphatic heterocycles. The molecule has 1 fully saturated rings. The Hall–Kier alpha value is -2.80. The van der Waals surface area contributed by atoms with Gasteiger partial charge in [-0.05, 0) is 61.6 Å². The largest absolute Gasteiger partial charge is 0.452 e. The molecule has 6 nitrogen and oxygen atoms in total. The molecule has 7 heteroatoms. The summed E-state index contributed by atoms with van der Waals surface area (Å²) in [7, 11) is 0. The predicted octanol–water partition coefficient (Wildman–Crippen LogP) is 3.55. The van der Waals surface area contributed by atoms with Crippen molar-refractivity contribution < 1.29 is 19.1 Å². The van der Waals surface area contributed by atoms with E-state index < -0.39 is 11.9 Å². The highest BCUT2D eigenvalue weighted by Gasteiger charge is 2.29. The molecule has 3 rings (SSSR count). The molecule has 0 atom stereocenters. The van der Waals surface area contributed by atoms with E-state index in [0.717, 1.165) is 17.7 Å². The van der Waals surface area contributed by atoms with Crippen LogP contribution in [0.15, 0.2) is 53.4 Å². The number of benzene rings is 2. The fourth-order valence-electron chi connectivity index (χ4n) is 2.39. The molecule has 2 amide bonds. The van der Waals surface area contributed by atoms with E-state index in [2.05, 4.69) is 10.6 Å². The highest BCUT2D eigenvalue weighted by atomic mass is 32.2. The van der Waals surface area contributed by atoms with E-state index in [1.54, 1.807) is 42.1 Å². The molecule has 1 aliphatic carbocycles. The quantitative estimate of drug-likeness (QED) is 0.563. The first-order valence-corrected chi connectivity index (χ1v) is 9.79. The normalized spacial score (nSPS) is 12.9. The Bertz CT molecular complexity index is 847. The van der Waals surface area contributed by atoms with E-state index in [0.29, 0.717) is 16.9 Å². The Labute approximate surface area is 161 Å². The van der Waals surface area contributed by atoms with Gasteiger partial charge in [0.05, 0.1) is 5.56 Å². The lowest BCUT2D eigenvalue weighted by Gasteiger charge is -2.08. The second-order valence-corrected chi connectivity index (χ2v) is 7.08. The molecule has 0 spiro atoms. The molecule has 27 heavy (non-hydrogen) atoms. The van der Waals surface area contributed by atoms with E-state index in [-0.39, 0.29) is 18.4 Å². The minimum absolute atomic E-state index is 0.00698. The minimum atomic E-state index is -0.594. The number of amides is 2. The molecule has 2 N–H and O–H groups in total. The number of rotatable bonds is 7. The van der Waals surface area contributed by atoms with Crippen LogP contribution in [0.3, 0.4) is 0 Å². The van der Waals surface area contributed by atoms with Gasteiger partial charge in [-0.25, -0.2) is 4.79 Å². The average molecular weight is 384 g/mol. The first-order chi connectivity index (χ1) is 13.0. The first kappa shape index (κ1) is 19.0. The fraction of sp³-hybridized carbons (Fsp3) is 0.250. The maximum absolute atomic E-state index is 12.1. The third kappa shape index (κ3) is 5.59. The predicted molar refractivity (Wildman–Crippen MR) is 105 cm³/mol. The van der Waals surface area contributed by atoms with Crippen molar-refractivity contribution in [2.24, 2.45) is 5.92 Å². The van der Waals surface area contributed by atoms with Gasteiger partial charge in [0.25, 0.3) is 5.91 Å². The van der Waals surface area contributed by atoms with Gasteiger partial charge in [0.15, 0.2) is 6.61 Å². The second kappa shape index (κ2) is 8.73. The summed E-state index contributed by atoms with van der Waals surface area (Å²) in [5.74, 6) is -0.879. The Morgan fingerprint density at radius 2 is 1.78 bits per heavy atom. The van der Waals surface area contributed by atoms with E-state index in [1.807, 2.05) is 24.5 Å². The molecule has 0 bridgehead atoms. The van der Waals surface area contributed by atoms with E-state index in [4.69, 9.17) is 4.74 Å². The van der Waals surface area contributed by atoms with Gasteiger partial charge in [0.2, 0.25) is 5.91 Å². The molecule has 1 saturated carbocycles. The van der Waals surface area contributed by atoms with Gasteiger partial charge in [0, 0.05) is 22.2 Å². The number of nitrogens with one attached hydrogen (secondary N) is 2. The maximum Gasteiger partial charge on any atom is 0.338 e. The smallest absolute Gasteiger partial charge is 0.338 e. The van der Waals surface area contributed by atoms with Gasteiger partial charge in [-0.1, -0.05) is 6.07 Å². The zero-order chi connectivity index (χ0) is 19.2. The molecule has 2 aromatic carbocycles. The summed E-state index contributed by atoms with van der Waals surface area (Å²) < 4.78 is 5.04. The van der Waals surface area contributed by atoms with Crippen LogP contribution >= 0.6 is 11.8 Å². The lowest BCUT2D eigenvalue weighted by Crippen LogP contribution is -2.21. The molecule has 0 aromatic heterocycles. The van der Waals surface area contributed by atoms with E-state index >= 15 is 0 Å². The number of hydrogen-bond donors (Lipinski definition) is 2. The summed E-state index contributed by atoms with van der Waals surface area (Å²) in [4.78, 5) is 36.8. The van der Waals surface area contributed by atoms with Crippen molar-refractivity contribution in [2.45, 2.75) is 17.7 Å². The van der Waals surface area contributed by atoms with Crippen LogP contribution in [0.5, 0.6) is 0 Å². The Morgan fingerprint density at radius 1 is 1.04 bits per heavy atom. The number of ether oxygens (including phenoxy) is 1. The molecule has 0 unspecified atom stereocenters. The zero-order valence-corrected chi connectivity index (χ0v) is 15.7. The van der Waals surface area contributed by atoms with Gasteiger partial charge in [0.1, 0.15) is 0 Å². The maximum atomic E-state index is 12.1. The van der Waals surface area contributed by atoms with Crippen LogP contribution in [-0.2, 0) is 14.3 Å². The van der Waals surface area contributed by atoms with Crippen LogP contribution in [0.25, 0.3) is 0 Å². The summed E-state index contributed by atoms with van der Waals surface area (Å²) in [5.41, 5.74) is 1.60. The van der Waals surface area contributed by atoms with Crippen molar-refractivity contribution in [2.75, 3.05) is 23.5 Å². The Balaban J connectivity index is 1.47. The number of hydrogen-bond acceptors (Lipinski definition) is 5. The van der Waals surface area contributed by atoms with Crippen LogP contribution in [0.2, 0.25) is 0 Å². The summed E-state index contributed by atoms with van der Waals surface area (Å²) in [6, 6.07) is 13.8. The monoisotopic (exact) mass is 384 g/mol. The lowest BCUT2D eigenvalue weighted by molar-refractivity contribution is -0.119. The summed E-state index contributed by atoms with van der Waals surface area (Å²) in [6.45, 7) is -0.373. The zero-order valence-electron chi connectivity index (χ0n) is 14.9. The van der Waals surface area contributed by atoms with Crippen molar-refractivity contribution in [3.63, 3.8) is 0 Å². The van der Waals surface area contributed by atoms with Crippen molar-refractivity contribution in [1.29, 1.82) is 0 Å². The number of carbonyl (C=O) groups is 3. The molecular formula is C20H20N2O4S. The van der Waals surface area contributed by atoms with Crippen molar-refractivity contribution >= 4 is 40.9 Å². The molecule has 1 aliphatic rings. The minimum Gasteiger partial charge on any atom is -0.452 e. The molecule has 0 heterocycles. The fourth-order valence-corrected chi connectivity index (χ4v) is 2.85. The van der Waals surface area contributed by atoms with Gasteiger partial charge in [-0.2, -0.15) is 0 Å². The molecule has 0 saturated heterocycles. The number of thioether (sulfide) groups is 1. The van der Waals surface area contributed by atoms with Crippen LogP contribution in [0, 0.1) is 5.92 Å². The molecule has 140 valence electrons. The number of anilines is 2. The highest BCUT2D eigenvalue weighted by molar-refractivity contribution is 7.98. The van der Waals surface area contributed by atoms with Gasteiger partial charge in [-0.3, -0.25) is 9.59 Å². The molecular weight excluding hydrogens is 364 g/mol. The standard InChI is InChI=1S/C20H20N2O4S/c1-27-17-4-2-3-16(11-17)21-18(23)12-26-20(25)14-7-9-15(10-8-14)22-19(24)13-5-6-13/h2-4,7-11,13H,5-6,12H2,1H3,(H,21,23)(H,22,24). The highest BCUT2D eigenvalue weighted by Crippen LogP contribution is 2.30. The van der Waals surface area contributed by atoms with Gasteiger partial charge >= 0.3 is 5.97 Å². The average Bonchev–Trinajstić information content (AvgIpc) is 3.52. The van der Waals surface area contributed by atoms with Crippen LogP contribution in [0.1, 0.15) is 23.2 Å². The Morgan fingerprint density at radius 3 is 2.44 bits per heavy atom. The topological polar surface area (TPSA) is 84.5 Å². The molecule has 2 aromatic rings. The molecule has 0 radical (unpaired) electrons. The summed E-state index contributed by atoms with van der Waals surface area (Å²) in [5, 5.41) is 5.49. The van der Waals surface area contributed by atoms with Crippen LogP contribution < -0.4 is 10.6 Å². The second-order valence-electron chi connectivity index (χ2n) is 6.20. The lowest BCUT2D eigenvalue weighted by atomic mass is 10.2. The SMILES string of the molecule is CSc1cccc(NC(=O)COC(=O)c2ccc(NC(=O)C3CC3)cc2)c1. The number of esters is 1. The van der Waals surface area contributed by atoms with E-state index in [1.165, 1.54) is 0 Å². The van der Waals surface area contributed by atoms with Crippen LogP contribution in [-0.4, -0.2) is 30.6 Å².